The van der Waals surface area contributed by atoms with Gasteiger partial charge < -0.3 is 14.2 Å². The van der Waals surface area contributed by atoms with Gasteiger partial charge in [-0.2, -0.15) is 0 Å². The van der Waals surface area contributed by atoms with Crippen molar-refractivity contribution >= 4 is 17.9 Å². The monoisotopic (exact) mass is 1110 g/mol. The lowest BCUT2D eigenvalue weighted by Gasteiger charge is -2.18. The van der Waals surface area contributed by atoms with E-state index in [-0.39, 0.29) is 31.1 Å². The minimum atomic E-state index is -0.782. The van der Waals surface area contributed by atoms with Crippen molar-refractivity contribution < 1.29 is 28.6 Å². The summed E-state index contributed by atoms with van der Waals surface area (Å²) in [6.45, 7) is 6.45. The molecule has 0 amide bonds. The quantitative estimate of drug-likeness (QED) is 0.0261. The van der Waals surface area contributed by atoms with Crippen molar-refractivity contribution in [3.63, 3.8) is 0 Å². The number of rotatable bonds is 63. The van der Waals surface area contributed by atoms with Crippen LogP contribution in [0.1, 0.15) is 348 Å². The van der Waals surface area contributed by atoms with Gasteiger partial charge >= 0.3 is 17.9 Å². The standard InChI is InChI=1S/C74H130O6/c1-4-7-10-13-16-19-22-25-28-30-32-33-34-35-36-37-38-39-40-41-42-44-46-49-52-55-58-61-64-67-73(76)79-70-71(69-78-72(75)66-63-60-57-54-51-48-45-27-24-21-18-15-12-9-6-3)80-74(77)68-65-62-59-56-53-50-47-43-31-29-26-23-20-17-14-11-8-5-2/h7,9-10,12,16,18-19,21,25,27-28,32-33,45,71H,4-6,8,11,13-15,17,20,22-24,26,29-31,34-44,46-70H2,1-3H3/b10-7-,12-9-,19-16-,21-18-,28-25-,33-32-,45-27-. The van der Waals surface area contributed by atoms with E-state index in [1.54, 1.807) is 0 Å². The lowest BCUT2D eigenvalue weighted by Crippen LogP contribution is -2.30. The molecule has 6 heteroatoms. The molecule has 0 spiro atoms. The Morgan fingerprint density at radius 3 is 0.762 bits per heavy atom. The number of carbonyl (C=O) groups excluding carboxylic acids is 3. The first kappa shape index (κ1) is 76.6. The van der Waals surface area contributed by atoms with E-state index in [1.807, 2.05) is 0 Å². The van der Waals surface area contributed by atoms with Crippen molar-refractivity contribution in [2.45, 2.75) is 354 Å². The lowest BCUT2D eigenvalue weighted by atomic mass is 10.0. The summed E-state index contributed by atoms with van der Waals surface area (Å²) in [5.74, 6) is -0.875. The minimum absolute atomic E-state index is 0.0776. The van der Waals surface area contributed by atoms with Gasteiger partial charge in [-0.25, -0.2) is 0 Å². The van der Waals surface area contributed by atoms with Gasteiger partial charge in [0, 0.05) is 19.3 Å². The van der Waals surface area contributed by atoms with Crippen molar-refractivity contribution in [3.8, 4) is 0 Å². The molecule has 1 atom stereocenters. The maximum Gasteiger partial charge on any atom is 0.306 e. The van der Waals surface area contributed by atoms with Gasteiger partial charge in [0.1, 0.15) is 13.2 Å². The Morgan fingerprint density at radius 1 is 0.263 bits per heavy atom. The Labute approximate surface area is 496 Å². The predicted molar refractivity (Wildman–Crippen MR) is 348 cm³/mol. The molecular formula is C74H130O6. The summed E-state index contributed by atoms with van der Waals surface area (Å²) < 4.78 is 17.0. The molecule has 462 valence electrons. The number of esters is 3. The smallest absolute Gasteiger partial charge is 0.306 e. The third-order valence-corrected chi connectivity index (χ3v) is 15.1. The largest absolute Gasteiger partial charge is 0.462 e. The van der Waals surface area contributed by atoms with Crippen LogP contribution in [0.25, 0.3) is 0 Å². The van der Waals surface area contributed by atoms with E-state index < -0.39 is 6.10 Å². The molecule has 0 aliphatic heterocycles. The molecule has 0 rings (SSSR count). The van der Waals surface area contributed by atoms with Crippen LogP contribution < -0.4 is 0 Å². The summed E-state index contributed by atoms with van der Waals surface area (Å²) in [5.41, 5.74) is 0. The molecule has 0 saturated carbocycles. The summed E-state index contributed by atoms with van der Waals surface area (Å²) in [6, 6.07) is 0. The first-order valence-corrected chi connectivity index (χ1v) is 34.6. The van der Waals surface area contributed by atoms with Crippen LogP contribution in [0.5, 0.6) is 0 Å². The highest BCUT2D eigenvalue weighted by Crippen LogP contribution is 2.18. The number of ether oxygens (including phenoxy) is 3. The fraction of sp³-hybridized carbons (Fsp3) is 0.770. The second-order valence-electron chi connectivity index (χ2n) is 23.0. The molecule has 0 bridgehead atoms. The van der Waals surface area contributed by atoms with Crippen LogP contribution in [-0.2, 0) is 28.6 Å². The van der Waals surface area contributed by atoms with E-state index in [2.05, 4.69) is 106 Å². The van der Waals surface area contributed by atoms with Gasteiger partial charge in [-0.15, -0.1) is 0 Å². The topological polar surface area (TPSA) is 78.9 Å². The van der Waals surface area contributed by atoms with E-state index in [4.69, 9.17) is 14.2 Å². The zero-order valence-corrected chi connectivity index (χ0v) is 53.1. The summed E-state index contributed by atoms with van der Waals surface area (Å²) in [7, 11) is 0. The average Bonchev–Trinajstić information content (AvgIpc) is 3.46. The Hall–Kier alpha value is -3.41. The first-order valence-electron chi connectivity index (χ1n) is 34.6. The molecule has 0 aromatic carbocycles. The molecule has 80 heavy (non-hydrogen) atoms. The van der Waals surface area contributed by atoms with Crippen LogP contribution in [0, 0.1) is 0 Å². The second kappa shape index (κ2) is 68.1. The van der Waals surface area contributed by atoms with Crippen molar-refractivity contribution in [2.75, 3.05) is 13.2 Å². The predicted octanol–water partition coefficient (Wildman–Crippen LogP) is 23.8. The van der Waals surface area contributed by atoms with Gasteiger partial charge in [-0.3, -0.25) is 14.4 Å². The molecule has 0 aromatic heterocycles. The van der Waals surface area contributed by atoms with Crippen LogP contribution in [0.15, 0.2) is 85.1 Å². The van der Waals surface area contributed by atoms with E-state index in [1.165, 1.54) is 186 Å². The molecule has 0 aliphatic rings. The van der Waals surface area contributed by atoms with Crippen LogP contribution >= 0.6 is 0 Å². The van der Waals surface area contributed by atoms with Crippen molar-refractivity contribution in [3.05, 3.63) is 85.1 Å². The number of unbranched alkanes of at least 4 members (excludes halogenated alkanes) is 38. The zero-order valence-electron chi connectivity index (χ0n) is 53.1. The number of hydrogen-bond acceptors (Lipinski definition) is 6. The van der Waals surface area contributed by atoms with E-state index in [9.17, 15) is 14.4 Å². The summed E-state index contributed by atoms with van der Waals surface area (Å²) in [5, 5.41) is 0. The van der Waals surface area contributed by atoms with Crippen molar-refractivity contribution in [2.24, 2.45) is 0 Å². The normalized spacial score (nSPS) is 12.6. The van der Waals surface area contributed by atoms with Crippen LogP contribution in [-0.4, -0.2) is 37.2 Å². The van der Waals surface area contributed by atoms with Crippen LogP contribution in [0.3, 0.4) is 0 Å². The van der Waals surface area contributed by atoms with Crippen LogP contribution in [0.4, 0.5) is 0 Å². The van der Waals surface area contributed by atoms with Gasteiger partial charge in [-0.1, -0.05) is 324 Å². The molecule has 0 heterocycles. The van der Waals surface area contributed by atoms with Gasteiger partial charge in [-0.05, 0) is 89.9 Å². The maximum absolute atomic E-state index is 12.9. The summed E-state index contributed by atoms with van der Waals surface area (Å²) >= 11 is 0. The third kappa shape index (κ3) is 65.4. The third-order valence-electron chi connectivity index (χ3n) is 15.1. The Bertz CT molecular complexity index is 1520. The minimum Gasteiger partial charge on any atom is -0.462 e. The van der Waals surface area contributed by atoms with E-state index in [0.717, 1.165) is 122 Å². The highest BCUT2D eigenvalue weighted by Gasteiger charge is 2.19. The molecular weight excluding hydrogens is 985 g/mol. The molecule has 0 saturated heterocycles. The summed E-state index contributed by atoms with van der Waals surface area (Å²) in [6.07, 6.45) is 90.4. The van der Waals surface area contributed by atoms with Gasteiger partial charge in [0.15, 0.2) is 6.10 Å². The average molecular weight is 1120 g/mol. The maximum atomic E-state index is 12.9. The number of allylic oxidation sites excluding steroid dienone is 14. The fourth-order valence-corrected chi connectivity index (χ4v) is 10.0. The number of carbonyl (C=O) groups is 3. The first-order chi connectivity index (χ1) is 39.5. The van der Waals surface area contributed by atoms with Crippen molar-refractivity contribution in [1.82, 2.24) is 0 Å². The molecule has 1 unspecified atom stereocenters. The Kier molecular flexibility index (Phi) is 65.2. The van der Waals surface area contributed by atoms with Crippen molar-refractivity contribution in [1.29, 1.82) is 0 Å². The fourth-order valence-electron chi connectivity index (χ4n) is 10.0. The van der Waals surface area contributed by atoms with Gasteiger partial charge in [0.05, 0.1) is 0 Å². The summed E-state index contributed by atoms with van der Waals surface area (Å²) in [4.78, 5) is 38.4. The Balaban J connectivity index is 4.25. The molecule has 0 fully saturated rings. The van der Waals surface area contributed by atoms with E-state index in [0.29, 0.717) is 19.3 Å². The van der Waals surface area contributed by atoms with E-state index >= 15 is 0 Å². The SMILES string of the molecule is CC/C=C\C/C=C\C/C=C\C/C=C\CCCCCCCCCCCCCCCCCCC(=O)OCC(COC(=O)CCCCCCC/C=C\C/C=C\C/C=C\CC)OC(=O)CCCCCCCCCCCCCCCCCCCC. The van der Waals surface area contributed by atoms with Gasteiger partial charge in [0.2, 0.25) is 0 Å². The Morgan fingerprint density at radius 2 is 0.487 bits per heavy atom. The van der Waals surface area contributed by atoms with Gasteiger partial charge in [0.25, 0.3) is 0 Å². The molecule has 6 nitrogen and oxygen atoms in total. The highest BCUT2D eigenvalue weighted by molar-refractivity contribution is 5.71. The highest BCUT2D eigenvalue weighted by atomic mass is 16.6. The molecule has 0 N–H and O–H groups in total. The molecule has 0 radical (unpaired) electrons. The zero-order chi connectivity index (χ0) is 57.8. The number of hydrogen-bond donors (Lipinski definition) is 0. The molecule has 0 aliphatic carbocycles. The molecule has 0 aromatic rings. The lowest BCUT2D eigenvalue weighted by molar-refractivity contribution is -0.167. The van der Waals surface area contributed by atoms with Crippen LogP contribution in [0.2, 0.25) is 0 Å². The second-order valence-corrected chi connectivity index (χ2v) is 23.0.